The minimum atomic E-state index is -3.61. The third kappa shape index (κ3) is 10.8. The number of alkyl carbamates (subject to hydrolysis) is 1. The molecule has 1 aliphatic heterocycles. The summed E-state index contributed by atoms with van der Waals surface area (Å²) in [5.41, 5.74) is 7.95. The molecule has 1 saturated heterocycles. The van der Waals surface area contributed by atoms with E-state index in [1.54, 1.807) is 18.2 Å². The van der Waals surface area contributed by atoms with Gasteiger partial charge in [0.05, 0.1) is 17.7 Å². The number of furan rings is 1. The minimum absolute atomic E-state index is 0.0147. The van der Waals surface area contributed by atoms with Gasteiger partial charge in [-0.25, -0.2) is 18.2 Å². The lowest BCUT2D eigenvalue weighted by molar-refractivity contribution is -0.139. The Hall–Kier alpha value is -5.21. The number of benzene rings is 2. The molecule has 6 atom stereocenters. The highest BCUT2D eigenvalue weighted by Crippen LogP contribution is 2.37. The van der Waals surface area contributed by atoms with Crippen LogP contribution in [0.1, 0.15) is 84.0 Å². The highest BCUT2D eigenvalue weighted by molar-refractivity contribution is 7.90. The van der Waals surface area contributed by atoms with Gasteiger partial charge in [-0.2, -0.15) is 9.29 Å². The zero-order valence-electron chi connectivity index (χ0n) is 35.5. The van der Waals surface area contributed by atoms with Gasteiger partial charge in [0.2, 0.25) is 27.4 Å². The Kier molecular flexibility index (Phi) is 14.6. The van der Waals surface area contributed by atoms with Crippen molar-refractivity contribution in [3.05, 3.63) is 65.7 Å². The van der Waals surface area contributed by atoms with Gasteiger partial charge in [0.15, 0.2) is 5.82 Å². The summed E-state index contributed by atoms with van der Waals surface area (Å²) in [5.74, 6) is 0.854. The third-order valence-corrected chi connectivity index (χ3v) is 14.8. The molecule has 336 valence electrons. The van der Waals surface area contributed by atoms with Crippen molar-refractivity contribution in [3.63, 3.8) is 0 Å². The fourth-order valence-corrected chi connectivity index (χ4v) is 10.2. The monoisotopic (exact) mass is 902 g/mol. The number of aliphatic hydroxyl groups is 1. The van der Waals surface area contributed by atoms with Crippen molar-refractivity contribution in [3.8, 4) is 29.6 Å². The number of carbonyl (C=O) groups excluding carboxylic acids is 3. The summed E-state index contributed by atoms with van der Waals surface area (Å²) in [4.78, 5) is 51.5. The molecular formula is C46H55ClN6O9S. The van der Waals surface area contributed by atoms with E-state index in [-0.39, 0.29) is 42.9 Å². The van der Waals surface area contributed by atoms with Crippen LogP contribution in [-0.4, -0.2) is 100.0 Å². The highest BCUT2D eigenvalue weighted by atomic mass is 35.5. The largest absolute Gasteiger partial charge is 0.470 e. The van der Waals surface area contributed by atoms with E-state index in [0.717, 1.165) is 42.0 Å². The number of hydrogen-bond donors (Lipinski definition) is 3. The number of halogens is 1. The molecule has 2 aromatic heterocycles. The number of rotatable bonds is 19. The molecular weight excluding hydrogens is 848 g/mol. The first-order valence-corrected chi connectivity index (χ1v) is 23.6. The molecule has 4 N–H and O–H groups in total. The number of likely N-dealkylation sites (tertiary alicyclic amines) is 1. The number of sulfonamides is 1. The standard InChI is InChI=1S/C46H55ClN6O9S/c1-4-34(44(55)52(3)63(58,59)33-22-23-33)28(2)15-9-6-5-7-12-20-36(49-46(57)61-31-18-13-14-19-31)45(56)53-27-32(26-37(53)41(48)54)60-43-40-39(35-25-30(47)21-24-38(35)62-40)50-42(51-43)29-16-10-8-11-17-29/h1,8-11,15-17,21,24-25,28,31-34,36-37,44,55H,5-7,12-14,18-20,22-23,26-27H2,2-3H3,(H2,48,54)(H,49,57)/b15-9-/t28-,32+,34?,36-,37-,44?/m0/s1. The highest BCUT2D eigenvalue weighted by Gasteiger charge is 2.44. The smallest absolute Gasteiger partial charge is 0.408 e. The van der Waals surface area contributed by atoms with Crippen molar-refractivity contribution in [2.45, 2.75) is 120 Å². The second kappa shape index (κ2) is 20.1. The summed E-state index contributed by atoms with van der Waals surface area (Å²) in [7, 11) is -2.24. The van der Waals surface area contributed by atoms with Crippen LogP contribution in [0.5, 0.6) is 5.88 Å². The zero-order valence-corrected chi connectivity index (χ0v) is 37.1. The van der Waals surface area contributed by atoms with E-state index in [4.69, 9.17) is 47.6 Å². The number of nitrogens with two attached hydrogens (primary N) is 1. The average Bonchev–Trinajstić information content (AvgIpc) is 3.68. The first-order valence-electron chi connectivity index (χ1n) is 21.7. The van der Waals surface area contributed by atoms with Crippen LogP contribution in [0, 0.1) is 24.2 Å². The van der Waals surface area contributed by atoms with Gasteiger partial charge in [0.25, 0.3) is 5.88 Å². The summed E-state index contributed by atoms with van der Waals surface area (Å²) in [5, 5.41) is 14.4. The molecule has 63 heavy (non-hydrogen) atoms. The van der Waals surface area contributed by atoms with Crippen LogP contribution < -0.4 is 15.8 Å². The summed E-state index contributed by atoms with van der Waals surface area (Å²) in [6.45, 7) is 1.83. The number of unbranched alkanes of at least 4 members (excludes halogenated alkanes) is 3. The number of allylic oxidation sites excluding steroid dienone is 2. The number of nitrogens with zero attached hydrogens (tertiary/aromatic N) is 4. The van der Waals surface area contributed by atoms with Gasteiger partial charge >= 0.3 is 6.09 Å². The van der Waals surface area contributed by atoms with E-state index in [9.17, 15) is 27.9 Å². The normalized spacial score (nSPS) is 20.2. The molecule has 4 aromatic rings. The number of nitrogens with one attached hydrogen (secondary N) is 1. The number of terminal acetylenes is 1. The van der Waals surface area contributed by atoms with E-state index in [1.165, 1.54) is 11.9 Å². The van der Waals surface area contributed by atoms with Crippen molar-refractivity contribution in [2.75, 3.05) is 13.6 Å². The second-order valence-electron chi connectivity index (χ2n) is 16.8. The van der Waals surface area contributed by atoms with Crippen LogP contribution in [0.25, 0.3) is 33.5 Å². The van der Waals surface area contributed by atoms with Crippen molar-refractivity contribution in [1.82, 2.24) is 24.5 Å². The van der Waals surface area contributed by atoms with E-state index >= 15 is 0 Å². The Morgan fingerprint density at radius 2 is 1.84 bits per heavy atom. The van der Waals surface area contributed by atoms with Gasteiger partial charge in [0, 0.05) is 29.4 Å². The van der Waals surface area contributed by atoms with Gasteiger partial charge in [0.1, 0.15) is 41.6 Å². The molecule has 0 radical (unpaired) electrons. The fourth-order valence-electron chi connectivity index (χ4n) is 8.44. The molecule has 3 amide bonds. The molecule has 3 heterocycles. The number of amides is 3. The maximum Gasteiger partial charge on any atom is 0.408 e. The molecule has 7 rings (SSSR count). The molecule has 3 fully saturated rings. The van der Waals surface area contributed by atoms with Gasteiger partial charge in [-0.05, 0) is 81.9 Å². The fraction of sp³-hybridized carbons (Fsp3) is 0.500. The number of ether oxygens (including phenoxy) is 2. The Morgan fingerprint density at radius 1 is 1.10 bits per heavy atom. The predicted molar refractivity (Wildman–Crippen MR) is 239 cm³/mol. The van der Waals surface area contributed by atoms with Crippen LogP contribution in [-0.2, 0) is 24.3 Å². The molecule has 2 aromatic carbocycles. The summed E-state index contributed by atoms with van der Waals surface area (Å²) in [6.07, 6.45) is 14.2. The SMILES string of the molecule is C#CC(C(O)N(C)S(=O)(=O)C1CC1)[C@@H](C)/C=C\CCCCC[C@H](NC(=O)OC1CCCC1)C(=O)N1C[C@H](Oc2nc(-c3ccccc3)nc3c2oc2ccc(Cl)cc23)C[C@H]1C(N)=O. The molecule has 17 heteroatoms. The average molecular weight is 903 g/mol. The van der Waals surface area contributed by atoms with Gasteiger partial charge in [-0.1, -0.05) is 79.8 Å². The molecule has 0 bridgehead atoms. The quantitative estimate of drug-likeness (QED) is 0.0391. The maximum atomic E-state index is 14.4. The van der Waals surface area contributed by atoms with Gasteiger partial charge in [-0.15, -0.1) is 6.42 Å². The van der Waals surface area contributed by atoms with Gasteiger partial charge in [-0.3, -0.25) is 9.59 Å². The van der Waals surface area contributed by atoms with Gasteiger partial charge < -0.3 is 34.9 Å². The third-order valence-electron chi connectivity index (χ3n) is 12.2. The lowest BCUT2D eigenvalue weighted by atomic mass is 9.92. The number of aliphatic hydroxyl groups excluding tert-OH is 1. The molecule has 15 nitrogen and oxygen atoms in total. The number of hydrogen-bond acceptors (Lipinski definition) is 11. The van der Waals surface area contributed by atoms with E-state index in [0.29, 0.717) is 59.4 Å². The van der Waals surface area contributed by atoms with Crippen LogP contribution >= 0.6 is 11.6 Å². The lowest BCUT2D eigenvalue weighted by Gasteiger charge is -2.29. The summed E-state index contributed by atoms with van der Waals surface area (Å²) >= 11 is 6.36. The summed E-state index contributed by atoms with van der Waals surface area (Å²) < 4.78 is 44.7. The number of carbonyl (C=O) groups is 3. The van der Waals surface area contributed by atoms with E-state index < -0.39 is 63.5 Å². The first kappa shape index (κ1) is 45.8. The van der Waals surface area contributed by atoms with Crippen molar-refractivity contribution < 1.29 is 41.8 Å². The van der Waals surface area contributed by atoms with Crippen LogP contribution in [0.2, 0.25) is 5.02 Å². The van der Waals surface area contributed by atoms with Crippen LogP contribution in [0.15, 0.2) is 65.1 Å². The Labute approximate surface area is 372 Å². The Bertz CT molecular complexity index is 2470. The number of primary amides is 1. The van der Waals surface area contributed by atoms with Crippen LogP contribution in [0.4, 0.5) is 4.79 Å². The molecule has 2 unspecified atom stereocenters. The van der Waals surface area contributed by atoms with E-state index in [2.05, 4.69) is 11.2 Å². The minimum Gasteiger partial charge on any atom is -0.470 e. The molecule has 2 saturated carbocycles. The number of aromatic nitrogens is 2. The molecule has 0 spiro atoms. The first-order chi connectivity index (χ1) is 30.2. The van der Waals surface area contributed by atoms with E-state index in [1.807, 2.05) is 49.4 Å². The summed E-state index contributed by atoms with van der Waals surface area (Å²) in [6, 6.07) is 12.5. The predicted octanol–water partition coefficient (Wildman–Crippen LogP) is 6.70. The Morgan fingerprint density at radius 3 is 2.54 bits per heavy atom. The topological polar surface area (TPSA) is 207 Å². The van der Waals surface area contributed by atoms with Crippen LogP contribution in [0.3, 0.4) is 0 Å². The van der Waals surface area contributed by atoms with Crippen molar-refractivity contribution in [2.24, 2.45) is 17.6 Å². The zero-order chi connectivity index (χ0) is 44.8. The molecule has 2 aliphatic carbocycles. The molecule has 3 aliphatic rings. The number of fused-ring (bicyclic) bond motifs is 3. The Balaban J connectivity index is 1.02. The van der Waals surface area contributed by atoms with Crippen molar-refractivity contribution in [1.29, 1.82) is 0 Å². The lowest BCUT2D eigenvalue weighted by Crippen LogP contribution is -2.53. The van der Waals surface area contributed by atoms with Crippen molar-refractivity contribution >= 4 is 61.6 Å². The second-order valence-corrected chi connectivity index (χ2v) is 19.5. The maximum absolute atomic E-state index is 14.4.